The molecule has 3 heterocycles. The van der Waals surface area contributed by atoms with Gasteiger partial charge >= 0.3 is 0 Å². The molecule has 0 amide bonds. The summed E-state index contributed by atoms with van der Waals surface area (Å²) in [5.74, 6) is -0.918. The van der Waals surface area contributed by atoms with E-state index in [1.54, 1.807) is 6.07 Å². The molecule has 5 nitrogen and oxygen atoms in total. The molecule has 1 saturated heterocycles. The summed E-state index contributed by atoms with van der Waals surface area (Å²) in [4.78, 5) is 9.93. The average Bonchev–Trinajstić information content (AvgIpc) is 2.94. The highest BCUT2D eigenvalue weighted by molar-refractivity contribution is 6.42. The number of benzene rings is 1. The molecule has 1 aromatic carbocycles. The van der Waals surface area contributed by atoms with Crippen molar-refractivity contribution in [1.29, 1.82) is 5.26 Å². The maximum atomic E-state index is 14.3. The van der Waals surface area contributed by atoms with Gasteiger partial charge in [0, 0.05) is 17.8 Å². The summed E-state index contributed by atoms with van der Waals surface area (Å²) >= 11 is 11.8. The third-order valence-corrected chi connectivity index (χ3v) is 5.69. The first-order chi connectivity index (χ1) is 13.0. The van der Waals surface area contributed by atoms with Crippen LogP contribution in [0.3, 0.4) is 0 Å². The summed E-state index contributed by atoms with van der Waals surface area (Å²) < 4.78 is 28.4. The highest BCUT2D eigenvalue weighted by Gasteiger charge is 2.43. The first-order valence-corrected chi connectivity index (χ1v) is 9.05. The minimum atomic E-state index is -0.651. The van der Waals surface area contributed by atoms with Crippen molar-refractivity contribution in [2.24, 2.45) is 4.99 Å². The number of nitriles is 1. The first kappa shape index (κ1) is 18.0. The summed E-state index contributed by atoms with van der Waals surface area (Å²) in [5, 5.41) is 11.9. The molecule has 0 radical (unpaired) electrons. The molecule has 1 N–H and O–H groups in total. The number of aromatic nitrogens is 1. The zero-order chi connectivity index (χ0) is 19.1. The van der Waals surface area contributed by atoms with Crippen molar-refractivity contribution in [3.8, 4) is 6.19 Å². The van der Waals surface area contributed by atoms with Crippen molar-refractivity contribution in [2.45, 2.75) is 31.3 Å². The van der Waals surface area contributed by atoms with Gasteiger partial charge in [0.2, 0.25) is 11.9 Å². The van der Waals surface area contributed by atoms with Crippen molar-refractivity contribution in [3.63, 3.8) is 0 Å². The van der Waals surface area contributed by atoms with Gasteiger partial charge in [-0.1, -0.05) is 23.2 Å². The molecule has 138 valence electrons. The lowest BCUT2D eigenvalue weighted by Gasteiger charge is -2.37. The Kier molecular flexibility index (Phi) is 4.62. The normalized spacial score (nSPS) is 21.0. The lowest BCUT2D eigenvalue weighted by Crippen LogP contribution is -2.47. The van der Waals surface area contributed by atoms with Gasteiger partial charge in [-0.05, 0) is 43.0 Å². The number of rotatable bonds is 1. The lowest BCUT2D eigenvalue weighted by molar-refractivity contribution is 0.282. The molecular weight excluding hydrogens is 395 g/mol. The predicted octanol–water partition coefficient (Wildman–Crippen LogP) is 4.49. The Morgan fingerprint density at radius 2 is 2.07 bits per heavy atom. The molecule has 2 aliphatic rings. The summed E-state index contributed by atoms with van der Waals surface area (Å²) in [6, 6.07) is 3.94. The van der Waals surface area contributed by atoms with Crippen molar-refractivity contribution < 1.29 is 8.78 Å². The molecule has 1 fully saturated rings. The van der Waals surface area contributed by atoms with E-state index in [2.05, 4.69) is 15.3 Å². The van der Waals surface area contributed by atoms with E-state index in [1.807, 2.05) is 11.1 Å². The van der Waals surface area contributed by atoms with E-state index in [4.69, 9.17) is 28.5 Å². The monoisotopic (exact) mass is 407 g/mol. The van der Waals surface area contributed by atoms with Crippen LogP contribution in [0.25, 0.3) is 0 Å². The van der Waals surface area contributed by atoms with E-state index in [-0.39, 0.29) is 33.8 Å². The third-order valence-electron chi connectivity index (χ3n) is 4.97. The zero-order valence-corrected chi connectivity index (χ0v) is 15.4. The van der Waals surface area contributed by atoms with E-state index >= 15 is 0 Å². The third kappa shape index (κ3) is 3.09. The van der Waals surface area contributed by atoms with Crippen LogP contribution in [0.5, 0.6) is 0 Å². The Morgan fingerprint density at radius 3 is 2.85 bits per heavy atom. The van der Waals surface area contributed by atoms with Crippen molar-refractivity contribution in [2.75, 3.05) is 0 Å². The predicted molar refractivity (Wildman–Crippen MR) is 97.8 cm³/mol. The van der Waals surface area contributed by atoms with Crippen LogP contribution >= 0.6 is 23.2 Å². The number of pyridine rings is 1. The zero-order valence-electron chi connectivity index (χ0n) is 13.9. The van der Waals surface area contributed by atoms with Gasteiger partial charge in [0.05, 0.1) is 16.1 Å². The Hall–Kier alpha value is -2.43. The molecule has 2 aromatic rings. The van der Waals surface area contributed by atoms with Crippen LogP contribution in [0, 0.1) is 23.2 Å². The quantitative estimate of drug-likeness (QED) is 0.189. The molecule has 0 saturated carbocycles. The lowest BCUT2D eigenvalue weighted by atomic mass is 9.95. The average molecular weight is 408 g/mol. The first-order valence-electron chi connectivity index (χ1n) is 8.29. The molecule has 0 spiro atoms. The SMILES string of the molecule is N#CNC(=Nc1cc(Cl)c(Cl)cc1F)N1[C@H]2CC[C@@H]1c1ccnc(F)c1C2. The number of nitrogens with zero attached hydrogens (tertiary/aromatic N) is 4. The summed E-state index contributed by atoms with van der Waals surface area (Å²) in [7, 11) is 0. The molecule has 1 aromatic heterocycles. The molecule has 4 rings (SSSR count). The molecule has 2 aliphatic heterocycles. The topological polar surface area (TPSA) is 64.3 Å². The van der Waals surface area contributed by atoms with E-state index in [0.717, 1.165) is 24.5 Å². The fourth-order valence-electron chi connectivity index (χ4n) is 3.85. The van der Waals surface area contributed by atoms with Gasteiger partial charge in [-0.15, -0.1) is 0 Å². The highest BCUT2D eigenvalue weighted by atomic mass is 35.5. The molecule has 0 aliphatic carbocycles. The number of halogens is 4. The fourth-order valence-corrected chi connectivity index (χ4v) is 4.16. The molecule has 0 unspecified atom stereocenters. The van der Waals surface area contributed by atoms with E-state index in [0.29, 0.717) is 12.0 Å². The number of fused-ring (bicyclic) bond motifs is 4. The van der Waals surface area contributed by atoms with Crippen LogP contribution in [0.4, 0.5) is 14.5 Å². The van der Waals surface area contributed by atoms with Crippen LogP contribution in [-0.2, 0) is 6.42 Å². The Labute approximate surface area is 164 Å². The number of guanidine groups is 1. The van der Waals surface area contributed by atoms with Crippen molar-refractivity contribution >= 4 is 34.8 Å². The second kappa shape index (κ2) is 6.95. The largest absolute Gasteiger partial charge is 0.331 e. The van der Waals surface area contributed by atoms with Gasteiger partial charge in [0.1, 0.15) is 5.69 Å². The molecule has 9 heteroatoms. The molecule has 27 heavy (non-hydrogen) atoms. The number of nitrogens with one attached hydrogen (secondary N) is 1. The summed E-state index contributed by atoms with van der Waals surface area (Å²) in [6.45, 7) is 0. The summed E-state index contributed by atoms with van der Waals surface area (Å²) in [6.07, 6.45) is 5.29. The van der Waals surface area contributed by atoms with Crippen LogP contribution < -0.4 is 5.32 Å². The number of hydrogen-bond acceptors (Lipinski definition) is 3. The Bertz CT molecular complexity index is 988. The maximum absolute atomic E-state index is 14.3. The van der Waals surface area contributed by atoms with Gasteiger partial charge in [-0.25, -0.2) is 14.4 Å². The van der Waals surface area contributed by atoms with Crippen LogP contribution in [0.15, 0.2) is 29.4 Å². The van der Waals surface area contributed by atoms with Gasteiger partial charge in [0.25, 0.3) is 0 Å². The molecule has 2 atom stereocenters. The summed E-state index contributed by atoms with van der Waals surface area (Å²) in [5.41, 5.74) is 1.38. The smallest absolute Gasteiger partial charge is 0.216 e. The van der Waals surface area contributed by atoms with E-state index in [1.165, 1.54) is 12.3 Å². The van der Waals surface area contributed by atoms with Crippen molar-refractivity contribution in [3.05, 3.63) is 57.3 Å². The highest BCUT2D eigenvalue weighted by Crippen LogP contribution is 2.44. The second-order valence-electron chi connectivity index (χ2n) is 6.42. The number of aliphatic imine (C=N–C) groups is 1. The van der Waals surface area contributed by atoms with Gasteiger partial charge in [-0.3, -0.25) is 5.32 Å². The standard InChI is InChI=1S/C18H13Cl2F2N5/c19-12-6-14(21)15(7-13(12)20)26-18(25-8-23)27-9-1-2-16(27)10-3-4-24-17(22)11(10)5-9/h3-4,6-7,9,16H,1-2,5H2,(H,25,26)/t9-,16+/m0/s1. The van der Waals surface area contributed by atoms with Crippen LogP contribution in [0.1, 0.15) is 30.0 Å². The Balaban J connectivity index is 1.78. The Morgan fingerprint density at radius 1 is 1.30 bits per heavy atom. The van der Waals surface area contributed by atoms with Crippen LogP contribution in [0.2, 0.25) is 10.0 Å². The van der Waals surface area contributed by atoms with Gasteiger partial charge in [-0.2, -0.15) is 9.65 Å². The number of hydrogen-bond donors (Lipinski definition) is 1. The minimum absolute atomic E-state index is 0.0340. The van der Waals surface area contributed by atoms with E-state index < -0.39 is 11.8 Å². The minimum Gasteiger partial charge on any atom is -0.331 e. The fraction of sp³-hybridized carbons (Fsp3) is 0.278. The maximum Gasteiger partial charge on any atom is 0.216 e. The van der Waals surface area contributed by atoms with Crippen molar-refractivity contribution in [1.82, 2.24) is 15.2 Å². The van der Waals surface area contributed by atoms with Gasteiger partial charge in [0.15, 0.2) is 12.0 Å². The molecular formula is C18H13Cl2F2N5. The van der Waals surface area contributed by atoms with Crippen LogP contribution in [-0.4, -0.2) is 21.9 Å². The molecule has 2 bridgehead atoms. The second-order valence-corrected chi connectivity index (χ2v) is 7.23. The van der Waals surface area contributed by atoms with E-state index in [9.17, 15) is 8.78 Å². The van der Waals surface area contributed by atoms with Gasteiger partial charge < -0.3 is 4.90 Å².